The van der Waals surface area contributed by atoms with Gasteiger partial charge in [-0.15, -0.1) is 0 Å². The van der Waals surface area contributed by atoms with Crippen molar-refractivity contribution in [3.63, 3.8) is 0 Å². The first kappa shape index (κ1) is 27.4. The number of rotatable bonds is 9. The molecule has 3 N–H and O–H groups in total. The van der Waals surface area contributed by atoms with Gasteiger partial charge in [0.1, 0.15) is 0 Å². The Balaban J connectivity index is 1.70. The van der Waals surface area contributed by atoms with Gasteiger partial charge in [-0.25, -0.2) is 0 Å². The van der Waals surface area contributed by atoms with Crippen molar-refractivity contribution in [1.82, 2.24) is 0 Å². The number of allylic oxidation sites excluding steroid dienone is 5. The summed E-state index contributed by atoms with van der Waals surface area (Å²) in [7, 11) is 0. The van der Waals surface area contributed by atoms with Crippen LogP contribution in [-0.2, 0) is 4.74 Å². The topological polar surface area (TPSA) is 55.5 Å². The second-order valence-corrected chi connectivity index (χ2v) is 12.2. The summed E-state index contributed by atoms with van der Waals surface area (Å²) in [5.74, 6) is 2.12. The summed E-state index contributed by atoms with van der Waals surface area (Å²) in [4.78, 5) is 0. The second kappa shape index (κ2) is 11.7. The predicted octanol–water partition coefficient (Wildman–Crippen LogP) is 7.13. The molecule has 0 unspecified atom stereocenters. The zero-order valence-corrected chi connectivity index (χ0v) is 22.6. The number of hydrogen-bond donors (Lipinski definition) is 2. The third kappa shape index (κ3) is 6.53. The highest BCUT2D eigenvalue weighted by atomic mass is 16.5. The lowest BCUT2D eigenvalue weighted by Crippen LogP contribution is -2.35. The molecule has 3 rings (SSSR count). The predicted molar refractivity (Wildman–Crippen MR) is 145 cm³/mol. The van der Waals surface area contributed by atoms with Gasteiger partial charge in [-0.3, -0.25) is 0 Å². The molecule has 192 valence electrons. The van der Waals surface area contributed by atoms with E-state index in [-0.39, 0.29) is 5.92 Å². The highest BCUT2D eigenvalue weighted by Crippen LogP contribution is 2.59. The first-order valence-corrected chi connectivity index (χ1v) is 13.9. The van der Waals surface area contributed by atoms with Crippen LogP contribution in [0.1, 0.15) is 92.4 Å². The van der Waals surface area contributed by atoms with E-state index in [1.807, 2.05) is 13.8 Å². The molecule has 0 aromatic heterocycles. The van der Waals surface area contributed by atoms with Crippen LogP contribution in [0.3, 0.4) is 0 Å². The largest absolute Gasteiger partial charge is 0.390 e. The van der Waals surface area contributed by atoms with Gasteiger partial charge < -0.3 is 15.6 Å². The minimum atomic E-state index is -0.663. The van der Waals surface area contributed by atoms with E-state index < -0.39 is 5.60 Å². The highest BCUT2D eigenvalue weighted by molar-refractivity contribution is 5.36. The van der Waals surface area contributed by atoms with Gasteiger partial charge >= 0.3 is 0 Å². The van der Waals surface area contributed by atoms with Crippen molar-refractivity contribution in [2.45, 2.75) is 104 Å². The SMILES string of the molecule is C=C1CC[C@H](OCCCN)C/C1=C\C=C1\CCC[C@]2(C)[C@@H]([C@H](C)/C=C/[C@H](C)C(C)(C)O)CC[C@@H]12. The monoisotopic (exact) mass is 469 g/mol. The average Bonchev–Trinajstić information content (AvgIpc) is 3.14. The molecule has 3 nitrogen and oxygen atoms in total. The van der Waals surface area contributed by atoms with E-state index in [4.69, 9.17) is 10.5 Å². The molecule has 0 aliphatic heterocycles. The maximum Gasteiger partial charge on any atom is 0.0651 e. The van der Waals surface area contributed by atoms with Crippen LogP contribution in [-0.4, -0.2) is 30.0 Å². The van der Waals surface area contributed by atoms with E-state index in [0.29, 0.717) is 35.8 Å². The molecule has 0 heterocycles. The maximum atomic E-state index is 10.3. The third-order valence-corrected chi connectivity index (χ3v) is 9.36. The number of hydrogen-bond acceptors (Lipinski definition) is 3. The van der Waals surface area contributed by atoms with Crippen LogP contribution in [0.2, 0.25) is 0 Å². The van der Waals surface area contributed by atoms with Gasteiger partial charge in [-0.2, -0.15) is 0 Å². The van der Waals surface area contributed by atoms with Crippen LogP contribution in [0.5, 0.6) is 0 Å². The fourth-order valence-corrected chi connectivity index (χ4v) is 6.71. The summed E-state index contributed by atoms with van der Waals surface area (Å²) >= 11 is 0. The van der Waals surface area contributed by atoms with Gasteiger partial charge in [0.2, 0.25) is 0 Å². The second-order valence-electron chi connectivity index (χ2n) is 12.2. The lowest BCUT2D eigenvalue weighted by atomic mass is 9.61. The van der Waals surface area contributed by atoms with Gasteiger partial charge in [-0.05, 0) is 107 Å². The molecule has 3 aliphatic carbocycles. The summed E-state index contributed by atoms with van der Waals surface area (Å²) in [6, 6.07) is 0. The fraction of sp³-hybridized carbons (Fsp3) is 0.742. The molecule has 0 saturated heterocycles. The molecule has 34 heavy (non-hydrogen) atoms. The lowest BCUT2D eigenvalue weighted by molar-refractivity contribution is 0.0433. The molecule has 0 spiro atoms. The van der Waals surface area contributed by atoms with Crippen molar-refractivity contribution >= 4 is 0 Å². The smallest absolute Gasteiger partial charge is 0.0651 e. The quantitative estimate of drug-likeness (QED) is 0.279. The molecule has 3 saturated carbocycles. The minimum Gasteiger partial charge on any atom is -0.390 e. The highest BCUT2D eigenvalue weighted by Gasteiger charge is 2.50. The summed E-state index contributed by atoms with van der Waals surface area (Å²) in [5.41, 5.74) is 9.67. The van der Waals surface area contributed by atoms with Gasteiger partial charge in [0.15, 0.2) is 0 Å². The molecular weight excluding hydrogens is 418 g/mol. The molecule has 0 aromatic rings. The van der Waals surface area contributed by atoms with E-state index in [2.05, 4.69) is 51.7 Å². The van der Waals surface area contributed by atoms with Crippen molar-refractivity contribution in [3.8, 4) is 0 Å². The summed E-state index contributed by atoms with van der Waals surface area (Å²) in [5, 5.41) is 10.3. The molecule has 0 amide bonds. The Kier molecular flexibility index (Phi) is 9.45. The van der Waals surface area contributed by atoms with Crippen molar-refractivity contribution in [3.05, 3.63) is 47.6 Å². The summed E-state index contributed by atoms with van der Waals surface area (Å²) in [6.45, 7) is 16.7. The zero-order chi connectivity index (χ0) is 24.9. The summed E-state index contributed by atoms with van der Waals surface area (Å²) < 4.78 is 6.08. The first-order valence-electron chi connectivity index (χ1n) is 13.9. The lowest BCUT2D eigenvalue weighted by Gasteiger charge is -2.44. The molecule has 0 radical (unpaired) electrons. The van der Waals surface area contributed by atoms with Crippen LogP contribution in [0, 0.1) is 29.1 Å². The Morgan fingerprint density at radius 2 is 1.94 bits per heavy atom. The maximum absolute atomic E-state index is 10.3. The Morgan fingerprint density at radius 1 is 1.18 bits per heavy atom. The van der Waals surface area contributed by atoms with E-state index in [9.17, 15) is 5.11 Å². The van der Waals surface area contributed by atoms with Crippen molar-refractivity contribution in [1.29, 1.82) is 0 Å². The Labute approximate surface area is 209 Å². The van der Waals surface area contributed by atoms with Gasteiger partial charge in [0.05, 0.1) is 11.7 Å². The Morgan fingerprint density at radius 3 is 2.65 bits per heavy atom. The van der Waals surface area contributed by atoms with Gasteiger partial charge in [-0.1, -0.05) is 62.8 Å². The normalized spacial score (nSPS) is 34.7. The first-order chi connectivity index (χ1) is 16.1. The molecule has 0 bridgehead atoms. The van der Waals surface area contributed by atoms with Crippen molar-refractivity contribution in [2.75, 3.05) is 13.2 Å². The molecule has 3 heteroatoms. The fourth-order valence-electron chi connectivity index (χ4n) is 6.71. The summed E-state index contributed by atoms with van der Waals surface area (Å²) in [6.07, 6.45) is 20.3. The van der Waals surface area contributed by atoms with Gasteiger partial charge in [0, 0.05) is 12.5 Å². The van der Waals surface area contributed by atoms with E-state index in [1.54, 1.807) is 5.57 Å². The number of fused-ring (bicyclic) bond motifs is 1. The van der Waals surface area contributed by atoms with Crippen LogP contribution in [0.25, 0.3) is 0 Å². The Hall–Kier alpha value is -1.16. The molecule has 3 fully saturated rings. The van der Waals surface area contributed by atoms with Crippen molar-refractivity contribution in [2.24, 2.45) is 34.8 Å². The Bertz CT molecular complexity index is 786. The third-order valence-electron chi connectivity index (χ3n) is 9.36. The van der Waals surface area contributed by atoms with E-state index in [1.165, 1.54) is 43.3 Å². The zero-order valence-electron chi connectivity index (χ0n) is 22.6. The van der Waals surface area contributed by atoms with Crippen LogP contribution >= 0.6 is 0 Å². The van der Waals surface area contributed by atoms with Gasteiger partial charge in [0.25, 0.3) is 0 Å². The molecular formula is C31H51NO2. The number of aliphatic hydroxyl groups is 1. The van der Waals surface area contributed by atoms with Crippen molar-refractivity contribution < 1.29 is 9.84 Å². The number of nitrogens with two attached hydrogens (primary N) is 1. The molecule has 3 aliphatic rings. The standard InChI is InChI=1S/C31H51NO2/c1-22-11-15-27(34-20-8-19-32)21-26(22)14-13-25-9-7-18-31(6)28(16-17-29(25)31)23(2)10-12-24(3)30(4,5)33/h10,12-14,23-24,27-29,33H,1,7-9,11,15-21,32H2,2-6H3/b12-10+,25-13-,26-14+/t23-,24+,27+,28-,29+,31-/m1/s1. The average molecular weight is 470 g/mol. The molecule has 6 atom stereocenters. The van der Waals surface area contributed by atoms with Crippen LogP contribution in [0.4, 0.5) is 0 Å². The number of ether oxygens (including phenoxy) is 1. The van der Waals surface area contributed by atoms with E-state index in [0.717, 1.165) is 32.3 Å². The van der Waals surface area contributed by atoms with E-state index >= 15 is 0 Å². The minimum absolute atomic E-state index is 0.167. The van der Waals surface area contributed by atoms with Crippen LogP contribution in [0.15, 0.2) is 47.6 Å². The molecule has 0 aromatic carbocycles. The van der Waals surface area contributed by atoms with Crippen LogP contribution < -0.4 is 5.73 Å².